The Bertz CT molecular complexity index is 238. The Morgan fingerprint density at radius 2 is 2.00 bits per heavy atom. The maximum atomic E-state index is 5.79. The molecule has 0 amide bonds. The summed E-state index contributed by atoms with van der Waals surface area (Å²) in [5.41, 5.74) is 5.79. The molecule has 4 heteroatoms. The molecule has 0 bridgehead atoms. The van der Waals surface area contributed by atoms with Crippen molar-refractivity contribution in [2.75, 3.05) is 6.61 Å². The summed E-state index contributed by atoms with van der Waals surface area (Å²) in [6, 6.07) is 1.53. The van der Waals surface area contributed by atoms with E-state index in [1.165, 1.54) is 0 Å². The molecule has 1 rings (SSSR count). The summed E-state index contributed by atoms with van der Waals surface area (Å²) in [4.78, 5) is 8.08. The van der Waals surface area contributed by atoms with Crippen molar-refractivity contribution in [3.05, 3.63) is 24.3 Å². The first-order valence-corrected chi connectivity index (χ1v) is 4.34. The lowest BCUT2D eigenvalue weighted by Gasteiger charge is -2.12. The van der Waals surface area contributed by atoms with E-state index >= 15 is 0 Å². The molecule has 0 aromatic carbocycles. The maximum Gasteiger partial charge on any atom is 0.147 e. The molecule has 1 atom stereocenters. The summed E-state index contributed by atoms with van der Waals surface area (Å²) in [5.74, 6) is 0.628. The molecule has 4 nitrogen and oxygen atoms in total. The highest BCUT2D eigenvalue weighted by atomic mass is 16.5. The van der Waals surface area contributed by atoms with Crippen LogP contribution in [0.25, 0.3) is 0 Å². The van der Waals surface area contributed by atoms with E-state index in [-0.39, 0.29) is 12.1 Å². The second kappa shape index (κ2) is 4.89. The molecule has 0 radical (unpaired) electrons. The minimum absolute atomic E-state index is 0.190. The zero-order valence-electron chi connectivity index (χ0n) is 7.97. The van der Waals surface area contributed by atoms with Gasteiger partial charge in [0.2, 0.25) is 0 Å². The van der Waals surface area contributed by atoms with Gasteiger partial charge < -0.3 is 10.5 Å². The van der Waals surface area contributed by atoms with E-state index in [1.54, 1.807) is 18.5 Å². The van der Waals surface area contributed by atoms with Gasteiger partial charge in [0.05, 0.1) is 18.8 Å². The first kappa shape index (κ1) is 10.1. The Labute approximate surface area is 78.1 Å². The number of aromatic nitrogens is 2. The van der Waals surface area contributed by atoms with Crippen LogP contribution in [0.15, 0.2) is 18.5 Å². The number of rotatable bonds is 4. The van der Waals surface area contributed by atoms with Crippen LogP contribution in [0.1, 0.15) is 25.7 Å². The summed E-state index contributed by atoms with van der Waals surface area (Å²) < 4.78 is 5.35. The normalized spacial score (nSPS) is 13.2. The SMILES string of the molecule is CC(C)OC[C@H](N)c1ncccn1. The molecule has 13 heavy (non-hydrogen) atoms. The molecule has 0 unspecified atom stereocenters. The smallest absolute Gasteiger partial charge is 0.147 e. The predicted octanol–water partition coefficient (Wildman–Crippen LogP) is 0.901. The summed E-state index contributed by atoms with van der Waals surface area (Å²) in [5, 5.41) is 0. The summed E-state index contributed by atoms with van der Waals surface area (Å²) in [6.45, 7) is 4.40. The minimum atomic E-state index is -0.233. The highest BCUT2D eigenvalue weighted by Crippen LogP contribution is 2.03. The number of nitrogens with zero attached hydrogens (tertiary/aromatic N) is 2. The van der Waals surface area contributed by atoms with Crippen LogP contribution in [-0.4, -0.2) is 22.7 Å². The van der Waals surface area contributed by atoms with E-state index in [4.69, 9.17) is 10.5 Å². The van der Waals surface area contributed by atoms with Gasteiger partial charge in [-0.05, 0) is 19.9 Å². The van der Waals surface area contributed by atoms with Crippen molar-refractivity contribution in [2.24, 2.45) is 5.73 Å². The lowest BCUT2D eigenvalue weighted by atomic mass is 10.3. The van der Waals surface area contributed by atoms with Crippen LogP contribution in [0.4, 0.5) is 0 Å². The van der Waals surface area contributed by atoms with Gasteiger partial charge in [0.25, 0.3) is 0 Å². The van der Waals surface area contributed by atoms with Crippen LogP contribution >= 0.6 is 0 Å². The zero-order chi connectivity index (χ0) is 9.68. The van der Waals surface area contributed by atoms with Gasteiger partial charge in [-0.3, -0.25) is 0 Å². The maximum absolute atomic E-state index is 5.79. The molecule has 0 aliphatic rings. The molecule has 1 aromatic rings. The van der Waals surface area contributed by atoms with Gasteiger partial charge in [0.1, 0.15) is 5.82 Å². The molecular formula is C9H15N3O. The summed E-state index contributed by atoms with van der Waals surface area (Å²) in [6.07, 6.45) is 3.55. The average molecular weight is 181 g/mol. The molecule has 0 spiro atoms. The largest absolute Gasteiger partial charge is 0.377 e. The van der Waals surface area contributed by atoms with Crippen molar-refractivity contribution in [1.82, 2.24) is 9.97 Å². The second-order valence-corrected chi connectivity index (χ2v) is 3.10. The first-order valence-electron chi connectivity index (χ1n) is 4.34. The topological polar surface area (TPSA) is 61.0 Å². The Morgan fingerprint density at radius 1 is 1.38 bits per heavy atom. The molecule has 72 valence electrons. The van der Waals surface area contributed by atoms with Gasteiger partial charge in [-0.25, -0.2) is 9.97 Å². The second-order valence-electron chi connectivity index (χ2n) is 3.10. The van der Waals surface area contributed by atoms with Gasteiger partial charge in [-0.1, -0.05) is 0 Å². The molecule has 2 N–H and O–H groups in total. The number of hydrogen-bond acceptors (Lipinski definition) is 4. The van der Waals surface area contributed by atoms with E-state index in [0.717, 1.165) is 0 Å². The number of nitrogens with two attached hydrogens (primary N) is 1. The minimum Gasteiger partial charge on any atom is -0.377 e. The Hall–Kier alpha value is -1.00. The van der Waals surface area contributed by atoms with Gasteiger partial charge in [-0.15, -0.1) is 0 Å². The fourth-order valence-electron chi connectivity index (χ4n) is 0.873. The molecule has 0 saturated heterocycles. The van der Waals surface area contributed by atoms with Gasteiger partial charge in [0, 0.05) is 12.4 Å². The molecule has 0 aliphatic carbocycles. The molecule has 1 heterocycles. The van der Waals surface area contributed by atoms with E-state index in [9.17, 15) is 0 Å². The van der Waals surface area contributed by atoms with Crippen LogP contribution in [0.2, 0.25) is 0 Å². The zero-order valence-corrected chi connectivity index (χ0v) is 7.97. The Kier molecular flexibility index (Phi) is 3.79. The lowest BCUT2D eigenvalue weighted by molar-refractivity contribution is 0.0669. The fraction of sp³-hybridized carbons (Fsp3) is 0.556. The fourth-order valence-corrected chi connectivity index (χ4v) is 0.873. The number of hydrogen-bond donors (Lipinski definition) is 1. The van der Waals surface area contributed by atoms with Crippen LogP contribution in [0, 0.1) is 0 Å². The highest BCUT2D eigenvalue weighted by molar-refractivity contribution is 4.94. The third kappa shape index (κ3) is 3.48. The van der Waals surface area contributed by atoms with Crippen LogP contribution in [0.3, 0.4) is 0 Å². The predicted molar refractivity (Wildman–Crippen MR) is 50.0 cm³/mol. The molecule has 0 aliphatic heterocycles. The monoisotopic (exact) mass is 181 g/mol. The third-order valence-corrected chi connectivity index (χ3v) is 1.53. The molecule has 1 aromatic heterocycles. The lowest BCUT2D eigenvalue weighted by Crippen LogP contribution is -2.21. The van der Waals surface area contributed by atoms with Crippen molar-refractivity contribution in [2.45, 2.75) is 26.0 Å². The highest BCUT2D eigenvalue weighted by Gasteiger charge is 2.08. The van der Waals surface area contributed by atoms with Crippen molar-refractivity contribution < 1.29 is 4.74 Å². The van der Waals surface area contributed by atoms with Crippen molar-refractivity contribution in [3.63, 3.8) is 0 Å². The van der Waals surface area contributed by atoms with Gasteiger partial charge in [0.15, 0.2) is 0 Å². The van der Waals surface area contributed by atoms with E-state index in [1.807, 2.05) is 13.8 Å². The number of ether oxygens (including phenoxy) is 1. The van der Waals surface area contributed by atoms with Crippen LogP contribution < -0.4 is 5.73 Å². The standard InChI is InChI=1S/C9H15N3O/c1-7(2)13-6-8(10)9-11-4-3-5-12-9/h3-5,7-8H,6,10H2,1-2H3/t8-/m0/s1. The Balaban J connectivity index is 2.44. The van der Waals surface area contributed by atoms with Gasteiger partial charge in [-0.2, -0.15) is 0 Å². The molecular weight excluding hydrogens is 166 g/mol. The van der Waals surface area contributed by atoms with Crippen molar-refractivity contribution >= 4 is 0 Å². The van der Waals surface area contributed by atoms with Crippen LogP contribution in [0.5, 0.6) is 0 Å². The summed E-state index contributed by atoms with van der Waals surface area (Å²) >= 11 is 0. The van der Waals surface area contributed by atoms with Crippen molar-refractivity contribution in [3.8, 4) is 0 Å². The summed E-state index contributed by atoms with van der Waals surface area (Å²) in [7, 11) is 0. The van der Waals surface area contributed by atoms with Crippen LogP contribution in [-0.2, 0) is 4.74 Å². The van der Waals surface area contributed by atoms with E-state index < -0.39 is 0 Å². The quantitative estimate of drug-likeness (QED) is 0.749. The van der Waals surface area contributed by atoms with Gasteiger partial charge >= 0.3 is 0 Å². The average Bonchev–Trinajstić information content (AvgIpc) is 2.15. The Morgan fingerprint density at radius 3 is 2.54 bits per heavy atom. The van der Waals surface area contributed by atoms with Crippen molar-refractivity contribution in [1.29, 1.82) is 0 Å². The molecule has 0 fully saturated rings. The first-order chi connectivity index (χ1) is 6.20. The molecule has 0 saturated carbocycles. The van der Waals surface area contributed by atoms with E-state index in [2.05, 4.69) is 9.97 Å². The third-order valence-electron chi connectivity index (χ3n) is 1.53. The van der Waals surface area contributed by atoms with E-state index in [0.29, 0.717) is 12.4 Å².